The van der Waals surface area contributed by atoms with Crippen LogP contribution >= 0.6 is 0 Å². The lowest BCUT2D eigenvalue weighted by Crippen LogP contribution is -2.32. The quantitative estimate of drug-likeness (QED) is 0.736. The van der Waals surface area contributed by atoms with Gasteiger partial charge in [-0.3, -0.25) is 9.89 Å². The predicted octanol–water partition coefficient (Wildman–Crippen LogP) is 1.38. The monoisotopic (exact) mass is 220 g/mol. The number of amides is 1. The molecule has 0 aromatic carbocycles. The van der Waals surface area contributed by atoms with Crippen molar-refractivity contribution in [1.29, 1.82) is 0 Å². The third-order valence-electron chi connectivity index (χ3n) is 2.57. The molecule has 0 spiro atoms. The molecule has 1 saturated carbocycles. The summed E-state index contributed by atoms with van der Waals surface area (Å²) in [7, 11) is 0. The van der Waals surface area contributed by atoms with E-state index in [4.69, 9.17) is 0 Å². The minimum absolute atomic E-state index is 0.0628. The van der Waals surface area contributed by atoms with E-state index in [1.165, 1.54) is 0 Å². The lowest BCUT2D eigenvalue weighted by Gasteiger charge is -2.08. The number of nitrogens with zero attached hydrogens (tertiary/aromatic N) is 2. The van der Waals surface area contributed by atoms with Gasteiger partial charge in [-0.05, 0) is 26.2 Å². The van der Waals surface area contributed by atoms with Crippen LogP contribution in [-0.4, -0.2) is 27.1 Å². The molecule has 1 aliphatic carbocycles. The smallest absolute Gasteiger partial charge is 0.291 e. The minimum Gasteiger partial charge on any atom is -0.346 e. The van der Waals surface area contributed by atoms with Crippen LogP contribution in [0.2, 0.25) is 0 Å². The molecule has 16 heavy (non-hydrogen) atoms. The molecule has 2 N–H and O–H groups in total. The van der Waals surface area contributed by atoms with Gasteiger partial charge in [-0.15, -0.1) is 11.7 Å². The molecule has 1 unspecified atom stereocenters. The SMILES string of the molecule is C=CCC(C)NC(=O)c1n[nH]c(C2CC2)n1. The van der Waals surface area contributed by atoms with Crippen LogP contribution in [0.1, 0.15) is 48.5 Å². The van der Waals surface area contributed by atoms with Crippen molar-refractivity contribution in [3.05, 3.63) is 24.3 Å². The van der Waals surface area contributed by atoms with Gasteiger partial charge in [0.15, 0.2) is 0 Å². The standard InChI is InChI=1S/C11H16N4O/c1-3-4-7(2)12-11(16)10-13-9(14-15-10)8-5-6-8/h3,7-8H,1,4-6H2,2H3,(H,12,16)(H,13,14,15). The Hall–Kier alpha value is -1.65. The van der Waals surface area contributed by atoms with Gasteiger partial charge in [0.25, 0.3) is 5.91 Å². The predicted molar refractivity (Wildman–Crippen MR) is 60.1 cm³/mol. The van der Waals surface area contributed by atoms with Crippen molar-refractivity contribution < 1.29 is 4.79 Å². The molecule has 5 nitrogen and oxygen atoms in total. The fraction of sp³-hybridized carbons (Fsp3) is 0.545. The van der Waals surface area contributed by atoms with Crippen LogP contribution in [0.3, 0.4) is 0 Å². The maximum Gasteiger partial charge on any atom is 0.291 e. The zero-order chi connectivity index (χ0) is 11.5. The van der Waals surface area contributed by atoms with E-state index in [1.54, 1.807) is 6.08 Å². The summed E-state index contributed by atoms with van der Waals surface area (Å²) in [5.74, 6) is 1.33. The van der Waals surface area contributed by atoms with Crippen LogP contribution in [0.15, 0.2) is 12.7 Å². The molecule has 2 rings (SSSR count). The Bertz CT molecular complexity index is 394. The van der Waals surface area contributed by atoms with E-state index in [-0.39, 0.29) is 17.8 Å². The average molecular weight is 220 g/mol. The van der Waals surface area contributed by atoms with Crippen molar-refractivity contribution in [2.45, 2.75) is 38.1 Å². The summed E-state index contributed by atoms with van der Waals surface area (Å²) in [6, 6.07) is 0.0628. The lowest BCUT2D eigenvalue weighted by atomic mass is 10.2. The van der Waals surface area contributed by atoms with Crippen LogP contribution < -0.4 is 5.32 Å². The second kappa shape index (κ2) is 4.47. The van der Waals surface area contributed by atoms with Crippen molar-refractivity contribution >= 4 is 5.91 Å². The lowest BCUT2D eigenvalue weighted by molar-refractivity contribution is 0.0930. The molecule has 1 heterocycles. The first-order valence-electron chi connectivity index (χ1n) is 5.54. The fourth-order valence-corrected chi connectivity index (χ4v) is 1.51. The first kappa shape index (κ1) is 10.9. The van der Waals surface area contributed by atoms with Crippen LogP contribution in [-0.2, 0) is 0 Å². The largest absolute Gasteiger partial charge is 0.346 e. The van der Waals surface area contributed by atoms with Gasteiger partial charge in [-0.25, -0.2) is 4.98 Å². The molecular formula is C11H16N4O. The molecular weight excluding hydrogens is 204 g/mol. The maximum absolute atomic E-state index is 11.7. The Morgan fingerprint density at radius 1 is 1.75 bits per heavy atom. The molecule has 0 saturated heterocycles. The summed E-state index contributed by atoms with van der Waals surface area (Å²) >= 11 is 0. The second-order valence-electron chi connectivity index (χ2n) is 4.22. The average Bonchev–Trinajstić information content (AvgIpc) is 2.96. The minimum atomic E-state index is -0.225. The normalized spacial score (nSPS) is 16.8. The third kappa shape index (κ3) is 2.48. The van der Waals surface area contributed by atoms with Gasteiger partial charge >= 0.3 is 0 Å². The number of aromatic nitrogens is 3. The number of hydrogen-bond acceptors (Lipinski definition) is 3. The van der Waals surface area contributed by atoms with Gasteiger partial charge in [0, 0.05) is 12.0 Å². The third-order valence-corrected chi connectivity index (χ3v) is 2.57. The molecule has 0 bridgehead atoms. The summed E-state index contributed by atoms with van der Waals surface area (Å²) in [6.07, 6.45) is 4.80. The Morgan fingerprint density at radius 3 is 3.12 bits per heavy atom. The van der Waals surface area contributed by atoms with E-state index in [1.807, 2.05) is 6.92 Å². The number of aromatic amines is 1. The van der Waals surface area contributed by atoms with Crippen molar-refractivity contribution in [2.75, 3.05) is 0 Å². The van der Waals surface area contributed by atoms with Gasteiger partial charge in [0.1, 0.15) is 5.82 Å². The highest BCUT2D eigenvalue weighted by molar-refractivity contribution is 5.90. The first-order valence-corrected chi connectivity index (χ1v) is 5.54. The van der Waals surface area contributed by atoms with Crippen LogP contribution in [0.25, 0.3) is 0 Å². The number of rotatable bonds is 5. The van der Waals surface area contributed by atoms with E-state index in [9.17, 15) is 4.79 Å². The van der Waals surface area contributed by atoms with Crippen molar-refractivity contribution in [3.63, 3.8) is 0 Å². The van der Waals surface area contributed by atoms with Gasteiger partial charge in [0.2, 0.25) is 5.82 Å². The van der Waals surface area contributed by atoms with Gasteiger partial charge in [-0.2, -0.15) is 0 Å². The number of carbonyl (C=O) groups excluding carboxylic acids is 1. The Labute approximate surface area is 94.3 Å². The van der Waals surface area contributed by atoms with Crippen molar-refractivity contribution in [2.24, 2.45) is 0 Å². The summed E-state index contributed by atoms with van der Waals surface area (Å²) in [6.45, 7) is 5.55. The number of H-pyrrole nitrogens is 1. The Balaban J connectivity index is 1.94. The van der Waals surface area contributed by atoms with E-state index in [0.717, 1.165) is 25.1 Å². The molecule has 1 aliphatic rings. The van der Waals surface area contributed by atoms with Crippen LogP contribution in [0.5, 0.6) is 0 Å². The Kier molecular flexibility index (Phi) is 3.03. The molecule has 0 radical (unpaired) electrons. The Morgan fingerprint density at radius 2 is 2.50 bits per heavy atom. The highest BCUT2D eigenvalue weighted by atomic mass is 16.2. The molecule has 1 aromatic heterocycles. The van der Waals surface area contributed by atoms with Crippen molar-refractivity contribution in [3.8, 4) is 0 Å². The van der Waals surface area contributed by atoms with Crippen LogP contribution in [0, 0.1) is 0 Å². The highest BCUT2D eigenvalue weighted by Crippen LogP contribution is 2.37. The zero-order valence-corrected chi connectivity index (χ0v) is 9.36. The molecule has 1 atom stereocenters. The molecule has 1 aromatic rings. The summed E-state index contributed by atoms with van der Waals surface area (Å²) in [5.41, 5.74) is 0. The van der Waals surface area contributed by atoms with Gasteiger partial charge in [0.05, 0.1) is 0 Å². The molecule has 0 aliphatic heterocycles. The van der Waals surface area contributed by atoms with E-state index < -0.39 is 0 Å². The second-order valence-corrected chi connectivity index (χ2v) is 4.22. The molecule has 5 heteroatoms. The van der Waals surface area contributed by atoms with Gasteiger partial charge in [-0.1, -0.05) is 6.08 Å². The summed E-state index contributed by atoms with van der Waals surface area (Å²) in [5, 5.41) is 9.54. The number of carbonyl (C=O) groups is 1. The number of nitrogens with one attached hydrogen (secondary N) is 2. The highest BCUT2D eigenvalue weighted by Gasteiger charge is 2.28. The van der Waals surface area contributed by atoms with E-state index in [0.29, 0.717) is 5.92 Å². The molecule has 1 amide bonds. The topological polar surface area (TPSA) is 70.7 Å². The number of hydrogen-bond donors (Lipinski definition) is 2. The maximum atomic E-state index is 11.7. The van der Waals surface area contributed by atoms with E-state index in [2.05, 4.69) is 27.1 Å². The fourth-order valence-electron chi connectivity index (χ4n) is 1.51. The molecule has 1 fully saturated rings. The first-order chi connectivity index (χ1) is 7.70. The van der Waals surface area contributed by atoms with Gasteiger partial charge < -0.3 is 5.32 Å². The van der Waals surface area contributed by atoms with Crippen molar-refractivity contribution in [1.82, 2.24) is 20.5 Å². The summed E-state index contributed by atoms with van der Waals surface area (Å²) in [4.78, 5) is 15.9. The van der Waals surface area contributed by atoms with E-state index >= 15 is 0 Å². The summed E-state index contributed by atoms with van der Waals surface area (Å²) < 4.78 is 0. The van der Waals surface area contributed by atoms with Crippen LogP contribution in [0.4, 0.5) is 0 Å². The molecule has 86 valence electrons. The zero-order valence-electron chi connectivity index (χ0n) is 9.36.